The number of hydrogen-bond donors (Lipinski definition) is 3. The van der Waals surface area contributed by atoms with Crippen molar-refractivity contribution >= 4 is 17.9 Å². The van der Waals surface area contributed by atoms with E-state index in [9.17, 15) is 14.4 Å². The number of nitrogens with zero attached hydrogens (tertiary/aromatic N) is 1. The van der Waals surface area contributed by atoms with Crippen LogP contribution >= 0.6 is 0 Å². The summed E-state index contributed by atoms with van der Waals surface area (Å²) in [5.41, 5.74) is 0. The second-order valence-corrected chi connectivity index (χ2v) is 4.42. The van der Waals surface area contributed by atoms with Gasteiger partial charge in [0.05, 0.1) is 0 Å². The van der Waals surface area contributed by atoms with Crippen LogP contribution < -0.4 is 10.6 Å². The molecule has 0 aromatic heterocycles. The summed E-state index contributed by atoms with van der Waals surface area (Å²) in [7, 11) is 1.56. The minimum absolute atomic E-state index is 0.0754. The van der Waals surface area contributed by atoms with E-state index in [-0.39, 0.29) is 25.0 Å². The molecule has 1 aliphatic heterocycles. The maximum atomic E-state index is 12.0. The lowest BCUT2D eigenvalue weighted by atomic mass is 10.2. The number of piperazine rings is 1. The van der Waals surface area contributed by atoms with Crippen molar-refractivity contribution < 1.29 is 24.2 Å². The number of amides is 3. The average molecular weight is 273 g/mol. The quantitative estimate of drug-likeness (QED) is 0.596. The Hall–Kier alpha value is -1.83. The van der Waals surface area contributed by atoms with Crippen LogP contribution in [-0.2, 0) is 14.3 Å². The summed E-state index contributed by atoms with van der Waals surface area (Å²) in [5, 5.41) is 14.1. The van der Waals surface area contributed by atoms with Crippen LogP contribution in [0.4, 0.5) is 4.79 Å². The van der Waals surface area contributed by atoms with Crippen molar-refractivity contribution in [2.24, 2.45) is 0 Å². The maximum Gasteiger partial charge on any atom is 0.328 e. The maximum absolute atomic E-state index is 12.0. The molecular weight excluding hydrogens is 254 g/mol. The summed E-state index contributed by atoms with van der Waals surface area (Å²) in [5.74, 6) is -1.50. The molecule has 1 saturated heterocycles. The molecule has 0 saturated carbocycles. The van der Waals surface area contributed by atoms with E-state index < -0.39 is 18.0 Å². The summed E-state index contributed by atoms with van der Waals surface area (Å²) in [4.78, 5) is 35.3. The Kier molecular flexibility index (Phi) is 5.56. The van der Waals surface area contributed by atoms with Gasteiger partial charge in [-0.25, -0.2) is 9.59 Å². The first-order valence-electron chi connectivity index (χ1n) is 6.01. The SMILES string of the molecule is COCCC(C)NC(=O)N1CC(=O)NCC1C(=O)O. The van der Waals surface area contributed by atoms with Gasteiger partial charge in [0.25, 0.3) is 0 Å². The highest BCUT2D eigenvalue weighted by Crippen LogP contribution is 2.06. The molecule has 0 bridgehead atoms. The van der Waals surface area contributed by atoms with E-state index in [0.717, 1.165) is 4.90 Å². The topological polar surface area (TPSA) is 108 Å². The molecule has 2 atom stereocenters. The molecule has 1 aliphatic rings. The van der Waals surface area contributed by atoms with Crippen molar-refractivity contribution in [3.05, 3.63) is 0 Å². The number of methoxy groups -OCH3 is 1. The molecular formula is C11H19N3O5. The minimum Gasteiger partial charge on any atom is -0.480 e. The number of carboxylic acids is 1. The first-order chi connectivity index (χ1) is 8.95. The smallest absolute Gasteiger partial charge is 0.328 e. The van der Waals surface area contributed by atoms with Crippen LogP contribution in [0.5, 0.6) is 0 Å². The molecule has 0 spiro atoms. The van der Waals surface area contributed by atoms with Crippen LogP contribution in [0.1, 0.15) is 13.3 Å². The van der Waals surface area contributed by atoms with Crippen molar-refractivity contribution in [1.29, 1.82) is 0 Å². The number of urea groups is 1. The molecule has 0 aliphatic carbocycles. The normalized spacial score (nSPS) is 20.6. The lowest BCUT2D eigenvalue weighted by Gasteiger charge is -2.33. The second-order valence-electron chi connectivity index (χ2n) is 4.42. The van der Waals surface area contributed by atoms with E-state index in [1.54, 1.807) is 14.0 Å². The van der Waals surface area contributed by atoms with Gasteiger partial charge >= 0.3 is 12.0 Å². The molecule has 1 rings (SSSR count). The Bertz CT molecular complexity index is 360. The molecule has 0 radical (unpaired) electrons. The van der Waals surface area contributed by atoms with E-state index in [0.29, 0.717) is 13.0 Å². The number of nitrogens with one attached hydrogen (secondary N) is 2. The lowest BCUT2D eigenvalue weighted by molar-refractivity contribution is -0.144. The summed E-state index contributed by atoms with van der Waals surface area (Å²) >= 11 is 0. The van der Waals surface area contributed by atoms with Crippen LogP contribution in [0.15, 0.2) is 0 Å². The van der Waals surface area contributed by atoms with Gasteiger partial charge in [-0.2, -0.15) is 0 Å². The van der Waals surface area contributed by atoms with Crippen molar-refractivity contribution in [2.45, 2.75) is 25.4 Å². The summed E-state index contributed by atoms with van der Waals surface area (Å²) < 4.78 is 4.89. The number of hydrogen-bond acceptors (Lipinski definition) is 4. The van der Waals surface area contributed by atoms with Crippen LogP contribution in [0, 0.1) is 0 Å². The van der Waals surface area contributed by atoms with E-state index in [4.69, 9.17) is 9.84 Å². The first-order valence-corrected chi connectivity index (χ1v) is 6.01. The van der Waals surface area contributed by atoms with Gasteiger partial charge in [0.15, 0.2) is 0 Å². The molecule has 8 nitrogen and oxygen atoms in total. The number of rotatable bonds is 5. The van der Waals surface area contributed by atoms with Gasteiger partial charge in [0.2, 0.25) is 5.91 Å². The van der Waals surface area contributed by atoms with Gasteiger partial charge in [-0.15, -0.1) is 0 Å². The fourth-order valence-corrected chi connectivity index (χ4v) is 1.74. The highest BCUT2D eigenvalue weighted by molar-refractivity contribution is 5.90. The van der Waals surface area contributed by atoms with E-state index in [1.807, 2.05) is 0 Å². The Morgan fingerprint density at radius 2 is 2.32 bits per heavy atom. The van der Waals surface area contributed by atoms with Gasteiger partial charge in [-0.05, 0) is 13.3 Å². The number of aliphatic carboxylic acids is 1. The van der Waals surface area contributed by atoms with E-state index in [2.05, 4.69) is 10.6 Å². The third-order valence-corrected chi connectivity index (χ3v) is 2.85. The van der Waals surface area contributed by atoms with Crippen molar-refractivity contribution in [3.8, 4) is 0 Å². The Morgan fingerprint density at radius 1 is 1.63 bits per heavy atom. The predicted octanol–water partition coefficient (Wildman–Crippen LogP) is -0.994. The molecule has 0 aromatic rings. The summed E-state index contributed by atoms with van der Waals surface area (Å²) in [6.45, 7) is 1.95. The largest absolute Gasteiger partial charge is 0.480 e. The van der Waals surface area contributed by atoms with Crippen LogP contribution in [0.2, 0.25) is 0 Å². The number of carbonyl (C=O) groups is 3. The lowest BCUT2D eigenvalue weighted by Crippen LogP contribution is -2.62. The molecule has 3 amide bonds. The molecule has 0 aromatic carbocycles. The first kappa shape index (κ1) is 15.2. The number of carbonyl (C=O) groups excluding carboxylic acids is 2. The zero-order chi connectivity index (χ0) is 14.4. The van der Waals surface area contributed by atoms with Crippen molar-refractivity contribution in [2.75, 3.05) is 26.8 Å². The zero-order valence-corrected chi connectivity index (χ0v) is 11.0. The summed E-state index contributed by atoms with van der Waals surface area (Å²) in [6.07, 6.45) is 0.611. The fourth-order valence-electron chi connectivity index (χ4n) is 1.74. The third kappa shape index (κ3) is 4.40. The molecule has 1 heterocycles. The second kappa shape index (κ2) is 6.93. The van der Waals surface area contributed by atoms with Gasteiger partial charge < -0.3 is 20.5 Å². The van der Waals surface area contributed by atoms with Gasteiger partial charge in [0.1, 0.15) is 12.6 Å². The Morgan fingerprint density at radius 3 is 2.89 bits per heavy atom. The van der Waals surface area contributed by atoms with Gasteiger partial charge in [-0.3, -0.25) is 9.69 Å². The predicted molar refractivity (Wildman–Crippen MR) is 65.6 cm³/mol. The third-order valence-electron chi connectivity index (χ3n) is 2.85. The van der Waals surface area contributed by atoms with Crippen LogP contribution in [-0.4, -0.2) is 66.8 Å². The van der Waals surface area contributed by atoms with Crippen molar-refractivity contribution in [3.63, 3.8) is 0 Å². The van der Waals surface area contributed by atoms with Crippen LogP contribution in [0.25, 0.3) is 0 Å². The Labute approximate surface area is 111 Å². The number of carboxylic acid groups (broad SMARTS) is 1. The molecule has 1 fully saturated rings. The Balaban J connectivity index is 2.60. The molecule has 8 heteroatoms. The monoisotopic (exact) mass is 273 g/mol. The summed E-state index contributed by atoms with van der Waals surface area (Å²) in [6, 6.07) is -1.75. The van der Waals surface area contributed by atoms with E-state index >= 15 is 0 Å². The molecule has 19 heavy (non-hydrogen) atoms. The molecule has 2 unspecified atom stereocenters. The standard InChI is InChI=1S/C11H19N3O5/c1-7(3-4-19-2)13-11(18)14-6-9(15)12-5-8(14)10(16)17/h7-8H,3-6H2,1-2H3,(H,12,15)(H,13,18)(H,16,17). The van der Waals surface area contributed by atoms with Crippen molar-refractivity contribution in [1.82, 2.24) is 15.5 Å². The van der Waals surface area contributed by atoms with Crippen LogP contribution in [0.3, 0.4) is 0 Å². The zero-order valence-electron chi connectivity index (χ0n) is 11.0. The fraction of sp³-hybridized carbons (Fsp3) is 0.727. The van der Waals surface area contributed by atoms with Gasteiger partial charge in [0, 0.05) is 26.3 Å². The highest BCUT2D eigenvalue weighted by atomic mass is 16.5. The highest BCUT2D eigenvalue weighted by Gasteiger charge is 2.35. The number of ether oxygens (including phenoxy) is 1. The molecule has 108 valence electrons. The minimum atomic E-state index is -1.14. The molecule has 3 N–H and O–H groups in total. The van der Waals surface area contributed by atoms with E-state index in [1.165, 1.54) is 0 Å². The van der Waals surface area contributed by atoms with Gasteiger partial charge in [-0.1, -0.05) is 0 Å². The average Bonchev–Trinajstić information content (AvgIpc) is 2.35.